The number of rotatable bonds is 2. The first-order chi connectivity index (χ1) is 6.65. The molecule has 1 aromatic rings. The topological polar surface area (TPSA) is 38.3 Å². The summed E-state index contributed by atoms with van der Waals surface area (Å²) in [6, 6.07) is 5.34. The van der Waals surface area contributed by atoms with Crippen LogP contribution in [0.5, 0.6) is 0 Å². The van der Waals surface area contributed by atoms with Gasteiger partial charge in [-0.05, 0) is 24.6 Å². The average molecular weight is 216 g/mol. The molecule has 0 aliphatic carbocycles. The smallest absolute Gasteiger partial charge is 0.151 e. The minimum Gasteiger partial charge on any atom is -0.305 e. The van der Waals surface area contributed by atoms with Crippen LogP contribution in [0.3, 0.4) is 0 Å². The molecule has 0 amide bonds. The van der Waals surface area contributed by atoms with Crippen molar-refractivity contribution in [1.82, 2.24) is 5.48 Å². The second kappa shape index (κ2) is 7.50. The van der Waals surface area contributed by atoms with Crippen molar-refractivity contribution in [2.45, 2.75) is 6.92 Å². The number of aldehydes is 1. The van der Waals surface area contributed by atoms with Crippen molar-refractivity contribution in [2.24, 2.45) is 0 Å². The molecule has 78 valence electrons. The van der Waals surface area contributed by atoms with E-state index in [0.29, 0.717) is 10.6 Å². The molecule has 0 saturated carbocycles. The zero-order valence-corrected chi connectivity index (χ0v) is 9.26. The Labute approximate surface area is 89.0 Å². The zero-order chi connectivity index (χ0) is 11.0. The van der Waals surface area contributed by atoms with Crippen LogP contribution >= 0.6 is 11.6 Å². The fraction of sp³-hybridized carbons (Fsp3) is 0.300. The lowest BCUT2D eigenvalue weighted by Gasteiger charge is -1.95. The molecule has 0 bridgehead atoms. The number of halogens is 1. The van der Waals surface area contributed by atoms with E-state index in [1.807, 2.05) is 13.0 Å². The summed E-state index contributed by atoms with van der Waals surface area (Å²) in [5.41, 5.74) is 4.04. The lowest BCUT2D eigenvalue weighted by molar-refractivity contribution is 0.112. The quantitative estimate of drug-likeness (QED) is 0.608. The van der Waals surface area contributed by atoms with Gasteiger partial charge in [0.1, 0.15) is 0 Å². The Morgan fingerprint density at radius 1 is 1.50 bits per heavy atom. The Morgan fingerprint density at radius 3 is 2.43 bits per heavy atom. The third kappa shape index (κ3) is 4.97. The highest BCUT2D eigenvalue weighted by Crippen LogP contribution is 2.14. The van der Waals surface area contributed by atoms with E-state index in [-0.39, 0.29) is 0 Å². The van der Waals surface area contributed by atoms with Gasteiger partial charge < -0.3 is 4.84 Å². The number of carbonyl (C=O) groups is 1. The van der Waals surface area contributed by atoms with Crippen molar-refractivity contribution in [3.05, 3.63) is 34.3 Å². The van der Waals surface area contributed by atoms with E-state index in [4.69, 9.17) is 11.6 Å². The van der Waals surface area contributed by atoms with Gasteiger partial charge in [-0.15, -0.1) is 0 Å². The van der Waals surface area contributed by atoms with Crippen LogP contribution in [0.1, 0.15) is 15.9 Å². The summed E-state index contributed by atoms with van der Waals surface area (Å²) in [6.45, 7) is 1.93. The second-order valence-electron chi connectivity index (χ2n) is 2.55. The SMILES string of the molecule is CNOC.Cc1ccc(C=O)c(Cl)c1. The predicted octanol–water partition coefficient (Wildman–Crippen LogP) is 2.23. The summed E-state index contributed by atoms with van der Waals surface area (Å²) in [5, 5.41) is 0.523. The van der Waals surface area contributed by atoms with Gasteiger partial charge in [0, 0.05) is 12.6 Å². The predicted molar refractivity (Wildman–Crippen MR) is 57.6 cm³/mol. The molecule has 1 N–H and O–H groups in total. The molecule has 1 rings (SSSR count). The standard InChI is InChI=1S/C8H7ClO.C2H7NO/c1-6-2-3-7(5-10)8(9)4-6;1-3-4-2/h2-5H,1H3;3H,1-2H3. The maximum Gasteiger partial charge on any atom is 0.151 e. The highest BCUT2D eigenvalue weighted by molar-refractivity contribution is 6.33. The molecule has 0 spiro atoms. The highest BCUT2D eigenvalue weighted by atomic mass is 35.5. The summed E-state index contributed by atoms with van der Waals surface area (Å²) < 4.78 is 0. The first kappa shape index (κ1) is 13.1. The monoisotopic (exact) mass is 215 g/mol. The Kier molecular flexibility index (Phi) is 7.02. The fourth-order valence-electron chi connectivity index (χ4n) is 0.728. The largest absolute Gasteiger partial charge is 0.305 e. The molecule has 0 fully saturated rings. The molecule has 0 atom stereocenters. The number of hydrogen-bond acceptors (Lipinski definition) is 3. The van der Waals surface area contributed by atoms with Crippen LogP contribution in [0.15, 0.2) is 18.2 Å². The van der Waals surface area contributed by atoms with Gasteiger partial charge in [0.05, 0.1) is 12.1 Å². The number of benzene rings is 1. The van der Waals surface area contributed by atoms with Crippen LogP contribution in [-0.4, -0.2) is 20.4 Å². The third-order valence-electron chi connectivity index (χ3n) is 1.49. The van der Waals surface area contributed by atoms with Crippen molar-refractivity contribution in [1.29, 1.82) is 0 Å². The maximum atomic E-state index is 10.3. The molecule has 0 aromatic heterocycles. The molecule has 3 nitrogen and oxygen atoms in total. The molecular formula is C10H14ClNO2. The number of aryl methyl sites for hydroxylation is 1. The van der Waals surface area contributed by atoms with E-state index in [1.165, 1.54) is 0 Å². The number of hydroxylamine groups is 1. The lowest BCUT2D eigenvalue weighted by atomic mass is 10.2. The van der Waals surface area contributed by atoms with Gasteiger partial charge in [0.25, 0.3) is 0 Å². The fourth-order valence-corrected chi connectivity index (χ4v) is 1.01. The Bertz CT molecular complexity index is 287. The molecule has 0 heterocycles. The van der Waals surface area contributed by atoms with Crippen LogP contribution in [0, 0.1) is 6.92 Å². The molecule has 4 heteroatoms. The summed E-state index contributed by atoms with van der Waals surface area (Å²) in [4.78, 5) is 14.5. The van der Waals surface area contributed by atoms with E-state index >= 15 is 0 Å². The lowest BCUT2D eigenvalue weighted by Crippen LogP contribution is -2.00. The molecule has 1 aromatic carbocycles. The van der Waals surface area contributed by atoms with E-state index in [1.54, 1.807) is 26.3 Å². The highest BCUT2D eigenvalue weighted by Gasteiger charge is 1.96. The van der Waals surface area contributed by atoms with Gasteiger partial charge in [-0.3, -0.25) is 4.79 Å². The summed E-state index contributed by atoms with van der Waals surface area (Å²) in [7, 11) is 3.28. The minimum absolute atomic E-state index is 0.523. The van der Waals surface area contributed by atoms with Crippen LogP contribution in [-0.2, 0) is 4.84 Å². The second-order valence-corrected chi connectivity index (χ2v) is 2.96. The van der Waals surface area contributed by atoms with E-state index in [0.717, 1.165) is 11.8 Å². The minimum atomic E-state index is 0.523. The molecule has 14 heavy (non-hydrogen) atoms. The number of nitrogens with one attached hydrogen (secondary N) is 1. The molecule has 0 unspecified atom stereocenters. The molecule has 0 saturated heterocycles. The van der Waals surface area contributed by atoms with Gasteiger partial charge in [0.2, 0.25) is 0 Å². The Morgan fingerprint density at radius 2 is 2.07 bits per heavy atom. The molecule has 0 aliphatic heterocycles. The van der Waals surface area contributed by atoms with Gasteiger partial charge in [-0.2, -0.15) is 0 Å². The van der Waals surface area contributed by atoms with E-state index in [2.05, 4.69) is 10.3 Å². The van der Waals surface area contributed by atoms with Gasteiger partial charge >= 0.3 is 0 Å². The van der Waals surface area contributed by atoms with Crippen molar-refractivity contribution in [3.63, 3.8) is 0 Å². The van der Waals surface area contributed by atoms with E-state index in [9.17, 15) is 4.79 Å². The number of carbonyl (C=O) groups excluding carboxylic acids is 1. The normalized spacial score (nSPS) is 8.86. The summed E-state index contributed by atoms with van der Waals surface area (Å²) >= 11 is 5.70. The van der Waals surface area contributed by atoms with Crippen LogP contribution in [0.2, 0.25) is 5.02 Å². The van der Waals surface area contributed by atoms with Crippen molar-refractivity contribution >= 4 is 17.9 Å². The van der Waals surface area contributed by atoms with Gasteiger partial charge in [-0.25, -0.2) is 5.48 Å². The van der Waals surface area contributed by atoms with Crippen molar-refractivity contribution in [3.8, 4) is 0 Å². The van der Waals surface area contributed by atoms with E-state index < -0.39 is 0 Å². The zero-order valence-electron chi connectivity index (χ0n) is 8.50. The molecule has 0 aliphatic rings. The Hall–Kier alpha value is -0.900. The van der Waals surface area contributed by atoms with Gasteiger partial charge in [0.15, 0.2) is 6.29 Å². The van der Waals surface area contributed by atoms with Crippen LogP contribution < -0.4 is 5.48 Å². The maximum absolute atomic E-state index is 10.3. The van der Waals surface area contributed by atoms with Gasteiger partial charge in [-0.1, -0.05) is 17.7 Å². The summed E-state index contributed by atoms with van der Waals surface area (Å²) in [6.07, 6.45) is 0.752. The van der Waals surface area contributed by atoms with Crippen LogP contribution in [0.4, 0.5) is 0 Å². The summed E-state index contributed by atoms with van der Waals surface area (Å²) in [5.74, 6) is 0. The van der Waals surface area contributed by atoms with Crippen molar-refractivity contribution in [2.75, 3.05) is 14.2 Å². The third-order valence-corrected chi connectivity index (χ3v) is 1.81. The molecular weight excluding hydrogens is 202 g/mol. The van der Waals surface area contributed by atoms with Crippen molar-refractivity contribution < 1.29 is 9.63 Å². The first-order valence-electron chi connectivity index (χ1n) is 4.06. The van der Waals surface area contributed by atoms with Crippen LogP contribution in [0.25, 0.3) is 0 Å². The molecule has 0 radical (unpaired) electrons. The average Bonchev–Trinajstić information content (AvgIpc) is 2.18. The first-order valence-corrected chi connectivity index (χ1v) is 4.44. The number of hydrogen-bond donors (Lipinski definition) is 1. The Balaban J connectivity index is 0.000000364.